The summed E-state index contributed by atoms with van der Waals surface area (Å²) in [5.74, 6) is 0. The predicted molar refractivity (Wildman–Crippen MR) is 20.4 cm³/mol. The average molecular weight is 302 g/mol. The van der Waals surface area contributed by atoms with Crippen molar-refractivity contribution in [3.05, 3.63) is 0 Å². The van der Waals surface area contributed by atoms with E-state index in [0.29, 0.717) is 0 Å². The van der Waals surface area contributed by atoms with Crippen molar-refractivity contribution >= 4 is 45.9 Å². The molecule has 4 N–H and O–H groups in total. The molecule has 6 heavy (non-hydrogen) atoms. The van der Waals surface area contributed by atoms with Gasteiger partial charge in [0.1, 0.15) is 0 Å². The third kappa shape index (κ3) is 49.2. The monoisotopic (exact) mass is 303 g/mol. The minimum absolute atomic E-state index is 0. The summed E-state index contributed by atoms with van der Waals surface area (Å²) in [6, 6.07) is 0. The first kappa shape index (κ1) is 10.5. The SMILES string of the molecule is [In].[OH][Sn]([OH])([OH])[OH]. The zero-order valence-corrected chi connectivity index (χ0v) is 9.02. The molecule has 0 aromatic carbocycles. The molecule has 6 heteroatoms. The van der Waals surface area contributed by atoms with Gasteiger partial charge in [-0.3, -0.25) is 0 Å². The Morgan fingerprint density at radius 2 is 0.833 bits per heavy atom. The average Bonchev–Trinajstić information content (AvgIpc) is 0.722. The van der Waals surface area contributed by atoms with Crippen LogP contribution in [0.3, 0.4) is 0 Å². The van der Waals surface area contributed by atoms with Gasteiger partial charge in [0, 0.05) is 25.8 Å². The summed E-state index contributed by atoms with van der Waals surface area (Å²) < 4.78 is 29.6. The Balaban J connectivity index is 0. The molecule has 35 valence electrons. The van der Waals surface area contributed by atoms with E-state index in [4.69, 9.17) is 13.8 Å². The van der Waals surface area contributed by atoms with Crippen molar-refractivity contribution in [1.29, 1.82) is 0 Å². The molecule has 0 aliphatic heterocycles. The van der Waals surface area contributed by atoms with Crippen LogP contribution in [0, 0.1) is 0 Å². The van der Waals surface area contributed by atoms with Gasteiger partial charge in [0.25, 0.3) is 0 Å². The standard InChI is InChI=1S/In.4H2O.Sn/h;4*1H2;/q;;;;;+4/p-4. The first-order valence-corrected chi connectivity index (χ1v) is 6.00. The summed E-state index contributed by atoms with van der Waals surface area (Å²) in [6.07, 6.45) is 0. The second-order valence-electron chi connectivity index (χ2n) is 0.600. The van der Waals surface area contributed by atoms with Crippen LogP contribution in [-0.4, -0.2) is 59.7 Å². The summed E-state index contributed by atoms with van der Waals surface area (Å²) in [7, 11) is 0. The molecule has 0 saturated carbocycles. The molecule has 4 nitrogen and oxygen atoms in total. The normalized spacial score (nSPS) is 10.0. The number of hydrogen-bond acceptors (Lipinski definition) is 4. The molecule has 0 spiro atoms. The van der Waals surface area contributed by atoms with Crippen LogP contribution in [0.2, 0.25) is 0 Å². The molecule has 0 fully saturated rings. The molecule has 0 bridgehead atoms. The van der Waals surface area contributed by atoms with E-state index in [9.17, 15) is 0 Å². The van der Waals surface area contributed by atoms with E-state index in [-0.39, 0.29) is 25.8 Å². The Hall–Kier alpha value is 1.51. The molecular formula is H4InO4Sn. The van der Waals surface area contributed by atoms with Crippen LogP contribution in [0.15, 0.2) is 0 Å². The Labute approximate surface area is 59.3 Å². The van der Waals surface area contributed by atoms with E-state index in [2.05, 4.69) is 0 Å². The first-order chi connectivity index (χ1) is 2.00. The van der Waals surface area contributed by atoms with Gasteiger partial charge in [0.15, 0.2) is 0 Å². The van der Waals surface area contributed by atoms with Crippen molar-refractivity contribution < 1.29 is 13.8 Å². The van der Waals surface area contributed by atoms with Crippen LogP contribution in [0.4, 0.5) is 0 Å². The van der Waals surface area contributed by atoms with Crippen LogP contribution in [-0.2, 0) is 0 Å². The van der Waals surface area contributed by atoms with Gasteiger partial charge >= 0.3 is 33.8 Å². The Bertz CT molecular complexity index is 23.0. The zero-order valence-electron chi connectivity index (χ0n) is 2.87. The van der Waals surface area contributed by atoms with Crippen molar-refractivity contribution in [3.8, 4) is 0 Å². The molecule has 0 aliphatic carbocycles. The van der Waals surface area contributed by atoms with Crippen LogP contribution in [0.1, 0.15) is 0 Å². The summed E-state index contributed by atoms with van der Waals surface area (Å²) in [6.45, 7) is 0. The van der Waals surface area contributed by atoms with Crippen molar-refractivity contribution in [2.24, 2.45) is 0 Å². The molecule has 0 heterocycles. The van der Waals surface area contributed by atoms with E-state index >= 15 is 0 Å². The molecule has 0 aromatic heterocycles. The third-order valence-corrected chi connectivity index (χ3v) is 0. The summed E-state index contributed by atoms with van der Waals surface area (Å²) in [4.78, 5) is 0. The van der Waals surface area contributed by atoms with E-state index in [1.807, 2.05) is 0 Å². The molecular weight excluding hydrogens is 298 g/mol. The second-order valence-corrected chi connectivity index (χ2v) is 4.02. The Morgan fingerprint density at radius 3 is 0.833 bits per heavy atom. The fourth-order valence-corrected chi connectivity index (χ4v) is 0. The van der Waals surface area contributed by atoms with Crippen LogP contribution in [0.25, 0.3) is 0 Å². The van der Waals surface area contributed by atoms with Gasteiger partial charge in [-0.05, 0) is 0 Å². The fourth-order valence-electron chi connectivity index (χ4n) is 0. The van der Waals surface area contributed by atoms with Crippen LogP contribution in [0.5, 0.6) is 0 Å². The molecule has 3 radical (unpaired) electrons. The van der Waals surface area contributed by atoms with Crippen molar-refractivity contribution in [3.63, 3.8) is 0 Å². The summed E-state index contributed by atoms with van der Waals surface area (Å²) in [5.41, 5.74) is 0. The van der Waals surface area contributed by atoms with Gasteiger partial charge in [-0.25, -0.2) is 0 Å². The summed E-state index contributed by atoms with van der Waals surface area (Å²) in [5, 5.41) is 0. The van der Waals surface area contributed by atoms with E-state index in [1.54, 1.807) is 0 Å². The maximum atomic E-state index is 7.40. The molecule has 0 rings (SSSR count). The van der Waals surface area contributed by atoms with Crippen LogP contribution < -0.4 is 0 Å². The van der Waals surface area contributed by atoms with Gasteiger partial charge in [0.05, 0.1) is 0 Å². The van der Waals surface area contributed by atoms with Crippen molar-refractivity contribution in [2.45, 2.75) is 0 Å². The Morgan fingerprint density at radius 1 is 0.833 bits per heavy atom. The quantitative estimate of drug-likeness (QED) is 0.360. The number of hydrogen-bond donors (Lipinski definition) is 4. The topological polar surface area (TPSA) is 80.9 Å². The summed E-state index contributed by atoms with van der Waals surface area (Å²) >= 11 is -5.18. The molecule has 0 amide bonds. The minimum atomic E-state index is -5.18. The maximum absolute atomic E-state index is 7.40. The van der Waals surface area contributed by atoms with Crippen molar-refractivity contribution in [1.82, 2.24) is 0 Å². The van der Waals surface area contributed by atoms with E-state index < -0.39 is 20.0 Å². The first-order valence-electron chi connectivity index (χ1n) is 0.894. The van der Waals surface area contributed by atoms with E-state index in [0.717, 1.165) is 0 Å². The number of rotatable bonds is 0. The third-order valence-electron chi connectivity index (χ3n) is 0. The molecule has 0 unspecified atom stereocenters. The zero-order chi connectivity index (χ0) is 4.50. The predicted octanol–water partition coefficient (Wildman–Crippen LogP) is -2.99. The van der Waals surface area contributed by atoms with E-state index in [1.165, 1.54) is 0 Å². The second kappa shape index (κ2) is 3.50. The van der Waals surface area contributed by atoms with Crippen molar-refractivity contribution in [2.75, 3.05) is 0 Å². The molecule has 0 aliphatic rings. The molecule has 0 atom stereocenters. The van der Waals surface area contributed by atoms with Gasteiger partial charge in [0.2, 0.25) is 0 Å². The van der Waals surface area contributed by atoms with Gasteiger partial charge in [-0.2, -0.15) is 0 Å². The molecule has 0 saturated heterocycles. The molecule has 0 aromatic rings. The van der Waals surface area contributed by atoms with Gasteiger partial charge in [-0.15, -0.1) is 0 Å². The fraction of sp³-hybridized carbons (Fsp3) is 0. The Kier molecular flexibility index (Phi) is 6.12. The van der Waals surface area contributed by atoms with Crippen LogP contribution >= 0.6 is 0 Å². The van der Waals surface area contributed by atoms with Gasteiger partial charge in [-0.1, -0.05) is 0 Å². The van der Waals surface area contributed by atoms with Gasteiger partial charge < -0.3 is 0 Å².